The van der Waals surface area contributed by atoms with Crippen LogP contribution in [0.5, 0.6) is 17.2 Å². The second kappa shape index (κ2) is 13.5. The van der Waals surface area contributed by atoms with Crippen LogP contribution in [0.1, 0.15) is 20.8 Å². The quantitative estimate of drug-likeness (QED) is 0.0861. The third kappa shape index (κ3) is 14.2. The number of hydrogen-bond acceptors (Lipinski definition) is 6. The van der Waals surface area contributed by atoms with Crippen LogP contribution in [-0.4, -0.2) is 40.2 Å². The minimum atomic E-state index is -10.7. The molecule has 230 valence electrons. The van der Waals surface area contributed by atoms with Crippen molar-refractivity contribution in [2.45, 2.75) is 54.3 Å². The molecule has 3 atom stereocenters. The second-order valence-corrected chi connectivity index (χ2v) is 12.4. The predicted octanol–water partition coefficient (Wildman–Crippen LogP) is 9.28. The van der Waals surface area contributed by atoms with Crippen LogP contribution in [0.3, 0.4) is 0 Å². The van der Waals surface area contributed by atoms with E-state index < -0.39 is 7.81 Å². The Bertz CT molecular complexity index is 1070. The van der Waals surface area contributed by atoms with E-state index in [1.165, 1.54) is 0 Å². The normalized spacial score (nSPS) is 16.1. The number of rotatable bonds is 12. The summed E-state index contributed by atoms with van der Waals surface area (Å²) in [5.74, 6) is 2.28. The molecule has 0 bridgehead atoms. The van der Waals surface area contributed by atoms with Crippen LogP contribution in [0.4, 0.5) is 25.2 Å². The molecule has 0 N–H and O–H groups in total. The molecule has 0 fully saturated rings. The molecule has 3 unspecified atom stereocenters. The van der Waals surface area contributed by atoms with Gasteiger partial charge < -0.3 is 28.4 Å². The predicted molar refractivity (Wildman–Crippen MR) is 146 cm³/mol. The number of halogens is 6. The maximum atomic E-state index is 9.87. The Kier molecular flexibility index (Phi) is 11.4. The molecule has 0 amide bonds. The Hall–Kier alpha value is -2.70. The van der Waals surface area contributed by atoms with Gasteiger partial charge in [-0.3, -0.25) is 0 Å². The first-order valence-electron chi connectivity index (χ1n) is 12.1. The first kappa shape index (κ1) is 34.5. The summed E-state index contributed by atoms with van der Waals surface area (Å²) in [6.07, 6.45) is -0.936. The van der Waals surface area contributed by atoms with E-state index >= 15 is 0 Å². The van der Waals surface area contributed by atoms with Crippen molar-refractivity contribution in [3.05, 3.63) is 72.8 Å². The fourth-order valence-corrected chi connectivity index (χ4v) is 5.13. The van der Waals surface area contributed by atoms with E-state index in [0.29, 0.717) is 0 Å². The molecule has 0 heterocycles. The third-order valence-corrected chi connectivity index (χ3v) is 7.31. The molecule has 3 rings (SSSR count). The summed E-state index contributed by atoms with van der Waals surface area (Å²) in [6.45, 7) is 5.59. The van der Waals surface area contributed by atoms with Crippen molar-refractivity contribution in [2.24, 2.45) is 0 Å². The van der Waals surface area contributed by atoms with Gasteiger partial charge in [-0.1, -0.05) is 0 Å². The van der Waals surface area contributed by atoms with Crippen LogP contribution in [0, 0.1) is 0 Å². The van der Waals surface area contributed by atoms with Gasteiger partial charge in [-0.2, -0.15) is 0 Å². The molecule has 0 saturated heterocycles. The SMILES string of the molecule is COC(C)Oc1ccc([S+](c2ccc(OC(C)OC)cc2)c2ccc(OC(C)OC)cc2)cc1.F[P-](F)(F)(F)(F)F. The Morgan fingerprint density at radius 1 is 0.463 bits per heavy atom. The molecule has 6 nitrogen and oxygen atoms in total. The number of benzene rings is 3. The van der Waals surface area contributed by atoms with E-state index in [0.717, 1.165) is 31.9 Å². The molecule has 0 aliphatic rings. The molecular weight excluding hydrogens is 597 g/mol. The summed E-state index contributed by atoms with van der Waals surface area (Å²) < 4.78 is 92.1. The molecular formula is C27H33F6O6PS. The fourth-order valence-electron chi connectivity index (χ4n) is 3.09. The molecule has 41 heavy (non-hydrogen) atoms. The van der Waals surface area contributed by atoms with Crippen LogP contribution in [0.2, 0.25) is 0 Å². The second-order valence-electron chi connectivity index (χ2n) is 8.44. The van der Waals surface area contributed by atoms with Crippen LogP contribution in [-0.2, 0) is 25.1 Å². The monoisotopic (exact) mass is 630 g/mol. The van der Waals surface area contributed by atoms with Crippen LogP contribution >= 0.6 is 7.81 Å². The Morgan fingerprint density at radius 3 is 0.829 bits per heavy atom. The zero-order valence-electron chi connectivity index (χ0n) is 23.2. The zero-order chi connectivity index (χ0) is 30.9. The van der Waals surface area contributed by atoms with Crippen molar-refractivity contribution in [3.63, 3.8) is 0 Å². The van der Waals surface area contributed by atoms with Gasteiger partial charge in [0, 0.05) is 21.3 Å². The molecule has 14 heteroatoms. The van der Waals surface area contributed by atoms with Gasteiger partial charge in [0.15, 0.2) is 33.6 Å². The first-order chi connectivity index (χ1) is 18.9. The fraction of sp³-hybridized carbons (Fsp3) is 0.333. The van der Waals surface area contributed by atoms with Crippen molar-refractivity contribution in [1.29, 1.82) is 0 Å². The van der Waals surface area contributed by atoms with E-state index in [4.69, 9.17) is 28.4 Å². The van der Waals surface area contributed by atoms with Crippen molar-refractivity contribution in [3.8, 4) is 17.2 Å². The summed E-state index contributed by atoms with van der Waals surface area (Å²) in [5, 5.41) is 0. The van der Waals surface area contributed by atoms with Crippen molar-refractivity contribution in [1.82, 2.24) is 0 Å². The van der Waals surface area contributed by atoms with Crippen molar-refractivity contribution >= 4 is 18.7 Å². The minimum absolute atomic E-state index is 0.312. The van der Waals surface area contributed by atoms with Crippen LogP contribution in [0.15, 0.2) is 87.5 Å². The number of methoxy groups -OCH3 is 3. The molecule has 0 aliphatic heterocycles. The molecule has 0 aromatic heterocycles. The van der Waals surface area contributed by atoms with Gasteiger partial charge >= 0.3 is 33.0 Å². The first-order valence-corrected chi connectivity index (χ1v) is 15.3. The van der Waals surface area contributed by atoms with E-state index in [-0.39, 0.29) is 29.8 Å². The van der Waals surface area contributed by atoms with Gasteiger partial charge in [0.25, 0.3) is 0 Å². The van der Waals surface area contributed by atoms with Gasteiger partial charge in [0.05, 0.1) is 10.9 Å². The summed E-state index contributed by atoms with van der Waals surface area (Å²) >= 11 is 0. The number of hydrogen-bond donors (Lipinski definition) is 0. The van der Waals surface area contributed by atoms with Crippen molar-refractivity contribution < 1.29 is 53.6 Å². The molecule has 3 aromatic carbocycles. The Balaban J connectivity index is 0.000000745. The van der Waals surface area contributed by atoms with E-state index in [1.807, 2.05) is 57.2 Å². The maximum absolute atomic E-state index is 10.7. The summed E-state index contributed by atoms with van der Waals surface area (Å²) in [7, 11) is -6.13. The van der Waals surface area contributed by atoms with Gasteiger partial charge in [-0.05, 0) is 93.6 Å². The molecule has 0 spiro atoms. The molecule has 3 aromatic rings. The topological polar surface area (TPSA) is 55.4 Å². The van der Waals surface area contributed by atoms with Crippen LogP contribution in [0.25, 0.3) is 0 Å². The molecule has 0 saturated carbocycles. The Morgan fingerprint density at radius 2 is 0.659 bits per heavy atom. The van der Waals surface area contributed by atoms with Gasteiger partial charge in [0.1, 0.15) is 17.2 Å². The summed E-state index contributed by atoms with van der Waals surface area (Å²) in [6, 6.07) is 24.4. The average Bonchev–Trinajstić information content (AvgIpc) is 2.89. The standard InChI is InChI=1S/C27H33O6S.F6P/c1-19(28-4)31-22-7-13-25(14-8-22)34(26-15-9-23(10-16-26)32-20(2)29-5)27-17-11-24(12-18-27)33-21(3)30-6;1-7(2,3,4,5)6/h7-21H,1-6H3;/q+1;-1. The molecule has 0 radical (unpaired) electrons. The zero-order valence-corrected chi connectivity index (χ0v) is 24.9. The van der Waals surface area contributed by atoms with E-state index in [2.05, 4.69) is 36.4 Å². The van der Waals surface area contributed by atoms with Crippen molar-refractivity contribution in [2.75, 3.05) is 21.3 Å². The summed E-state index contributed by atoms with van der Waals surface area (Å²) in [4.78, 5) is 3.49. The van der Waals surface area contributed by atoms with Crippen LogP contribution < -0.4 is 14.2 Å². The molecule has 0 aliphatic carbocycles. The van der Waals surface area contributed by atoms with Gasteiger partial charge in [0.2, 0.25) is 0 Å². The van der Waals surface area contributed by atoms with Gasteiger partial charge in [-0.25, -0.2) is 0 Å². The third-order valence-electron chi connectivity index (χ3n) is 5.08. The van der Waals surface area contributed by atoms with E-state index in [1.54, 1.807) is 21.3 Å². The average molecular weight is 631 g/mol. The van der Waals surface area contributed by atoms with E-state index in [9.17, 15) is 25.2 Å². The number of ether oxygens (including phenoxy) is 6. The summed E-state index contributed by atoms with van der Waals surface area (Å²) in [5.41, 5.74) is 0. The van der Waals surface area contributed by atoms with Gasteiger partial charge in [-0.15, -0.1) is 0 Å². The Labute approximate surface area is 238 Å².